The lowest BCUT2D eigenvalue weighted by Crippen LogP contribution is -2.17. The fourth-order valence-corrected chi connectivity index (χ4v) is 3.55. The number of aryl methyl sites for hydroxylation is 1. The van der Waals surface area contributed by atoms with E-state index in [1.807, 2.05) is 6.20 Å². The van der Waals surface area contributed by atoms with Crippen LogP contribution in [0.5, 0.6) is 11.5 Å². The second kappa shape index (κ2) is 7.17. The Morgan fingerprint density at radius 2 is 1.88 bits per heavy atom. The Hall–Kier alpha value is -2.86. The highest BCUT2D eigenvalue weighted by Gasteiger charge is 2.16. The van der Waals surface area contributed by atoms with Crippen LogP contribution in [0, 0.1) is 6.92 Å². The molecule has 1 N–H and O–H groups in total. The number of anilines is 1. The number of hydrogen-bond donors (Lipinski definition) is 1. The van der Waals surface area contributed by atoms with Crippen molar-refractivity contribution in [2.45, 2.75) is 13.3 Å². The number of carbonyl (C=O) groups is 1. The Bertz CT molecular complexity index is 934. The lowest BCUT2D eigenvalue weighted by atomic mass is 10.1. The lowest BCUT2D eigenvalue weighted by Gasteiger charge is -2.18. The minimum Gasteiger partial charge on any atom is -0.486 e. The molecule has 3 aromatic rings. The normalized spacial score (nSPS) is 12.7. The van der Waals surface area contributed by atoms with Crippen LogP contribution in [-0.4, -0.2) is 24.1 Å². The standard InChI is InChI=1S/C20H18N2O3S/c1-13-2-4-14(5-3-13)10-16-12-21-20(26-16)22-19(23)15-6-7-17-18(11-15)25-9-8-24-17/h2-7,11-12H,8-10H2,1H3,(H,21,22,23). The molecule has 0 radical (unpaired) electrons. The second-order valence-electron chi connectivity index (χ2n) is 6.11. The summed E-state index contributed by atoms with van der Waals surface area (Å²) in [6.07, 6.45) is 2.61. The number of thiazole rings is 1. The number of nitrogens with zero attached hydrogens (tertiary/aromatic N) is 1. The van der Waals surface area contributed by atoms with E-state index in [2.05, 4.69) is 41.5 Å². The molecule has 1 aromatic heterocycles. The molecule has 0 aliphatic carbocycles. The Labute approximate surface area is 155 Å². The number of carbonyl (C=O) groups excluding carboxylic acids is 1. The highest BCUT2D eigenvalue weighted by molar-refractivity contribution is 7.15. The van der Waals surface area contributed by atoms with Crippen molar-refractivity contribution < 1.29 is 14.3 Å². The van der Waals surface area contributed by atoms with E-state index < -0.39 is 0 Å². The van der Waals surface area contributed by atoms with Gasteiger partial charge >= 0.3 is 0 Å². The van der Waals surface area contributed by atoms with Crippen molar-refractivity contribution in [3.63, 3.8) is 0 Å². The van der Waals surface area contributed by atoms with Gasteiger partial charge in [-0.3, -0.25) is 10.1 Å². The van der Waals surface area contributed by atoms with Crippen LogP contribution in [-0.2, 0) is 6.42 Å². The highest BCUT2D eigenvalue weighted by atomic mass is 32.1. The van der Waals surface area contributed by atoms with Crippen molar-refractivity contribution in [3.8, 4) is 11.5 Å². The summed E-state index contributed by atoms with van der Waals surface area (Å²) < 4.78 is 11.0. The Kier molecular flexibility index (Phi) is 4.58. The molecule has 5 nitrogen and oxygen atoms in total. The average Bonchev–Trinajstić information content (AvgIpc) is 3.10. The van der Waals surface area contributed by atoms with Gasteiger partial charge in [-0.25, -0.2) is 4.98 Å². The highest BCUT2D eigenvalue weighted by Crippen LogP contribution is 2.31. The molecular formula is C20H18N2O3S. The van der Waals surface area contributed by atoms with Crippen LogP contribution in [0.2, 0.25) is 0 Å². The lowest BCUT2D eigenvalue weighted by molar-refractivity contribution is 0.102. The first-order valence-corrected chi connectivity index (χ1v) is 9.20. The summed E-state index contributed by atoms with van der Waals surface area (Å²) in [6, 6.07) is 13.6. The SMILES string of the molecule is Cc1ccc(Cc2cnc(NC(=O)c3ccc4c(c3)OCCO4)s2)cc1. The smallest absolute Gasteiger partial charge is 0.257 e. The first-order chi connectivity index (χ1) is 12.7. The molecule has 1 aliphatic rings. The van der Waals surface area contributed by atoms with Crippen LogP contribution >= 0.6 is 11.3 Å². The van der Waals surface area contributed by atoms with Gasteiger partial charge in [0.2, 0.25) is 0 Å². The summed E-state index contributed by atoms with van der Waals surface area (Å²) in [6.45, 7) is 3.09. The summed E-state index contributed by atoms with van der Waals surface area (Å²) in [5, 5.41) is 3.44. The average molecular weight is 366 g/mol. The Morgan fingerprint density at radius 3 is 2.69 bits per heavy atom. The minimum atomic E-state index is -0.210. The van der Waals surface area contributed by atoms with E-state index in [-0.39, 0.29) is 5.91 Å². The van der Waals surface area contributed by atoms with Crippen molar-refractivity contribution in [3.05, 3.63) is 70.2 Å². The molecule has 0 bridgehead atoms. The molecule has 2 heterocycles. The van der Waals surface area contributed by atoms with Crippen LogP contribution in [0.25, 0.3) is 0 Å². The van der Waals surface area contributed by atoms with E-state index in [0.29, 0.717) is 35.4 Å². The van der Waals surface area contributed by atoms with E-state index >= 15 is 0 Å². The van der Waals surface area contributed by atoms with Gasteiger partial charge in [0.15, 0.2) is 16.6 Å². The fraction of sp³-hybridized carbons (Fsp3) is 0.200. The summed E-state index contributed by atoms with van der Waals surface area (Å²) in [7, 11) is 0. The molecule has 6 heteroatoms. The van der Waals surface area contributed by atoms with Crippen LogP contribution in [0.1, 0.15) is 26.4 Å². The van der Waals surface area contributed by atoms with Crippen molar-refractivity contribution >= 4 is 22.4 Å². The molecule has 132 valence electrons. The maximum absolute atomic E-state index is 12.5. The summed E-state index contributed by atoms with van der Waals surface area (Å²) >= 11 is 1.48. The molecule has 0 unspecified atom stereocenters. The van der Waals surface area contributed by atoms with Crippen LogP contribution in [0.4, 0.5) is 5.13 Å². The maximum atomic E-state index is 12.5. The molecule has 0 fully saturated rings. The van der Waals surface area contributed by atoms with Crippen LogP contribution in [0.15, 0.2) is 48.7 Å². The molecular weight excluding hydrogens is 348 g/mol. The largest absolute Gasteiger partial charge is 0.486 e. The van der Waals surface area contributed by atoms with Crippen molar-refractivity contribution in [2.24, 2.45) is 0 Å². The van der Waals surface area contributed by atoms with Gasteiger partial charge < -0.3 is 9.47 Å². The third-order valence-corrected chi connectivity index (χ3v) is 4.99. The molecule has 0 saturated carbocycles. The van der Waals surface area contributed by atoms with Crippen molar-refractivity contribution in [2.75, 3.05) is 18.5 Å². The van der Waals surface area contributed by atoms with Gasteiger partial charge in [0.05, 0.1) is 0 Å². The number of amides is 1. The third kappa shape index (κ3) is 3.70. The summed E-state index contributed by atoms with van der Waals surface area (Å²) in [5.74, 6) is 1.06. The van der Waals surface area contributed by atoms with Crippen molar-refractivity contribution in [1.29, 1.82) is 0 Å². The number of aromatic nitrogens is 1. The molecule has 26 heavy (non-hydrogen) atoms. The first-order valence-electron chi connectivity index (χ1n) is 8.38. The topological polar surface area (TPSA) is 60.5 Å². The van der Waals surface area contributed by atoms with Gasteiger partial charge in [0.25, 0.3) is 5.91 Å². The second-order valence-corrected chi connectivity index (χ2v) is 7.22. The predicted octanol–water partition coefficient (Wildman–Crippen LogP) is 4.07. The van der Waals surface area contributed by atoms with E-state index in [4.69, 9.17) is 9.47 Å². The number of ether oxygens (including phenoxy) is 2. The quantitative estimate of drug-likeness (QED) is 0.756. The molecule has 0 atom stereocenters. The van der Waals surface area contributed by atoms with Gasteiger partial charge in [0.1, 0.15) is 13.2 Å². The number of hydrogen-bond acceptors (Lipinski definition) is 5. The summed E-state index contributed by atoms with van der Waals surface area (Å²) in [5.41, 5.74) is 2.99. The van der Waals surface area contributed by atoms with Gasteiger partial charge in [-0.05, 0) is 30.7 Å². The van der Waals surface area contributed by atoms with Gasteiger partial charge in [-0.1, -0.05) is 29.8 Å². The van der Waals surface area contributed by atoms with Gasteiger partial charge in [0, 0.05) is 23.1 Å². The predicted molar refractivity (Wildman–Crippen MR) is 101 cm³/mol. The Balaban J connectivity index is 1.43. The minimum absolute atomic E-state index is 0.210. The van der Waals surface area contributed by atoms with E-state index in [1.165, 1.54) is 22.5 Å². The molecule has 2 aromatic carbocycles. The zero-order chi connectivity index (χ0) is 17.9. The molecule has 0 spiro atoms. The van der Waals surface area contributed by atoms with Gasteiger partial charge in [-0.2, -0.15) is 0 Å². The number of nitrogens with one attached hydrogen (secondary N) is 1. The molecule has 4 rings (SSSR count). The van der Waals surface area contributed by atoms with Crippen LogP contribution in [0.3, 0.4) is 0 Å². The first kappa shape index (κ1) is 16.6. The number of benzene rings is 2. The Morgan fingerprint density at radius 1 is 1.12 bits per heavy atom. The molecule has 1 aliphatic heterocycles. The van der Waals surface area contributed by atoms with E-state index in [9.17, 15) is 4.79 Å². The van der Waals surface area contributed by atoms with E-state index in [1.54, 1.807) is 18.2 Å². The maximum Gasteiger partial charge on any atom is 0.257 e. The monoisotopic (exact) mass is 366 g/mol. The zero-order valence-corrected chi connectivity index (χ0v) is 15.1. The van der Waals surface area contributed by atoms with Gasteiger partial charge in [-0.15, -0.1) is 11.3 Å². The molecule has 0 saturated heterocycles. The van der Waals surface area contributed by atoms with Crippen LogP contribution < -0.4 is 14.8 Å². The fourth-order valence-electron chi connectivity index (χ4n) is 2.71. The van der Waals surface area contributed by atoms with Crippen molar-refractivity contribution in [1.82, 2.24) is 4.98 Å². The summed E-state index contributed by atoms with van der Waals surface area (Å²) in [4.78, 5) is 17.9. The zero-order valence-electron chi connectivity index (χ0n) is 14.3. The number of rotatable bonds is 4. The number of fused-ring (bicyclic) bond motifs is 1. The van der Waals surface area contributed by atoms with E-state index in [0.717, 1.165) is 11.3 Å². The third-order valence-electron chi connectivity index (χ3n) is 4.08. The molecule has 1 amide bonds.